The third-order valence-electron chi connectivity index (χ3n) is 7.44. The molecular formula is C25H29FN6O2. The van der Waals surface area contributed by atoms with E-state index < -0.39 is 11.5 Å². The van der Waals surface area contributed by atoms with Crippen LogP contribution < -0.4 is 15.8 Å². The van der Waals surface area contributed by atoms with Crippen molar-refractivity contribution in [1.82, 2.24) is 25.1 Å². The van der Waals surface area contributed by atoms with Crippen LogP contribution in [0.3, 0.4) is 0 Å². The predicted molar refractivity (Wildman–Crippen MR) is 128 cm³/mol. The van der Waals surface area contributed by atoms with E-state index in [0.29, 0.717) is 34.4 Å². The van der Waals surface area contributed by atoms with Crippen molar-refractivity contribution in [2.24, 2.45) is 7.05 Å². The number of phenols is 1. The first-order chi connectivity index (χ1) is 16.1. The molecule has 2 aromatic heterocycles. The van der Waals surface area contributed by atoms with Gasteiger partial charge < -0.3 is 15.3 Å². The highest BCUT2D eigenvalue weighted by molar-refractivity contribution is 5.72. The molecule has 0 unspecified atom stereocenters. The van der Waals surface area contributed by atoms with Gasteiger partial charge in [-0.2, -0.15) is 4.39 Å². The molecule has 8 nitrogen and oxygen atoms in total. The lowest BCUT2D eigenvalue weighted by molar-refractivity contribution is 0.207. The second-order valence-corrected chi connectivity index (χ2v) is 10.3. The van der Waals surface area contributed by atoms with E-state index in [9.17, 15) is 14.3 Å². The number of halogens is 1. The Morgan fingerprint density at radius 2 is 1.82 bits per heavy atom. The van der Waals surface area contributed by atoms with Crippen LogP contribution in [-0.4, -0.2) is 49.0 Å². The molecule has 4 heterocycles. The van der Waals surface area contributed by atoms with E-state index in [0.717, 1.165) is 17.4 Å². The van der Waals surface area contributed by atoms with E-state index in [2.05, 4.69) is 39.2 Å². The highest BCUT2D eigenvalue weighted by Gasteiger charge is 2.49. The summed E-state index contributed by atoms with van der Waals surface area (Å²) in [5.41, 5.74) is 1.14. The van der Waals surface area contributed by atoms with Crippen molar-refractivity contribution in [2.75, 3.05) is 11.9 Å². The van der Waals surface area contributed by atoms with Crippen molar-refractivity contribution in [3.8, 4) is 28.3 Å². The number of nitrogens with one attached hydrogen (secondary N) is 1. The molecule has 3 aromatic rings. The Balaban J connectivity index is 1.37. The van der Waals surface area contributed by atoms with Crippen molar-refractivity contribution in [3.63, 3.8) is 0 Å². The third-order valence-corrected chi connectivity index (χ3v) is 7.44. The first-order valence-corrected chi connectivity index (χ1v) is 11.5. The molecule has 2 fully saturated rings. The smallest absolute Gasteiger partial charge is 0.253 e. The van der Waals surface area contributed by atoms with Gasteiger partial charge >= 0.3 is 0 Å². The van der Waals surface area contributed by atoms with Crippen LogP contribution in [0.5, 0.6) is 5.75 Å². The molecule has 0 radical (unpaired) electrons. The Kier molecular flexibility index (Phi) is 5.20. The number of piperidine rings is 1. The molecule has 9 heteroatoms. The summed E-state index contributed by atoms with van der Waals surface area (Å²) in [6.45, 7) is 4.58. The molecule has 0 spiro atoms. The highest BCUT2D eigenvalue weighted by atomic mass is 19.1. The predicted octanol–water partition coefficient (Wildman–Crippen LogP) is 3.25. The number of aromatic hydroxyl groups is 1. The van der Waals surface area contributed by atoms with Gasteiger partial charge in [0.15, 0.2) is 17.6 Å². The summed E-state index contributed by atoms with van der Waals surface area (Å²) in [5.74, 6) is 0.259. The minimum absolute atomic E-state index is 0.0720. The lowest BCUT2D eigenvalue weighted by atomic mass is 9.84. The Labute approximate surface area is 197 Å². The van der Waals surface area contributed by atoms with Crippen LogP contribution in [0.15, 0.2) is 41.3 Å². The van der Waals surface area contributed by atoms with Crippen LogP contribution in [0.2, 0.25) is 0 Å². The maximum atomic E-state index is 14.0. The van der Waals surface area contributed by atoms with Gasteiger partial charge in [-0.25, -0.2) is 4.98 Å². The fourth-order valence-electron chi connectivity index (χ4n) is 5.51. The molecule has 2 aliphatic heterocycles. The van der Waals surface area contributed by atoms with Gasteiger partial charge in [-0.15, -0.1) is 10.2 Å². The molecule has 0 aliphatic carbocycles. The first kappa shape index (κ1) is 22.5. The van der Waals surface area contributed by atoms with Gasteiger partial charge in [0.05, 0.1) is 11.8 Å². The average Bonchev–Trinajstić information content (AvgIpc) is 3.03. The van der Waals surface area contributed by atoms with E-state index >= 15 is 0 Å². The van der Waals surface area contributed by atoms with Crippen LogP contribution in [-0.2, 0) is 7.05 Å². The number of phenolic OH excluding ortho intramolecular Hbond substituents is 1. The Hall–Kier alpha value is -3.33. The van der Waals surface area contributed by atoms with Gasteiger partial charge in [0, 0.05) is 37.3 Å². The largest absolute Gasteiger partial charge is 0.507 e. The van der Waals surface area contributed by atoms with E-state index in [1.165, 1.54) is 38.1 Å². The normalized spacial score (nSPS) is 26.0. The second-order valence-electron chi connectivity index (χ2n) is 10.3. The van der Waals surface area contributed by atoms with E-state index in [1.54, 1.807) is 18.3 Å². The number of hydrogen-bond donors (Lipinski definition) is 2. The number of aromatic nitrogens is 4. The average molecular weight is 465 g/mol. The number of anilines is 1. The Morgan fingerprint density at radius 1 is 1.12 bits per heavy atom. The van der Waals surface area contributed by atoms with Gasteiger partial charge in [-0.05, 0) is 68.9 Å². The quantitative estimate of drug-likeness (QED) is 0.572. The van der Waals surface area contributed by atoms with Crippen molar-refractivity contribution in [3.05, 3.63) is 52.8 Å². The van der Waals surface area contributed by atoms with Crippen LogP contribution in [0.4, 0.5) is 10.2 Å². The van der Waals surface area contributed by atoms with Crippen LogP contribution >= 0.6 is 0 Å². The molecule has 3 atom stereocenters. The van der Waals surface area contributed by atoms with E-state index in [-0.39, 0.29) is 16.8 Å². The molecule has 2 N–H and O–H groups in total. The van der Waals surface area contributed by atoms with E-state index in [1.807, 2.05) is 7.05 Å². The Bertz CT molecular complexity index is 1290. The molecule has 2 bridgehead atoms. The molecule has 0 amide bonds. The summed E-state index contributed by atoms with van der Waals surface area (Å²) < 4.78 is 14.9. The SMILES string of the molecule is CN(c1cnc(-c2ccc(-c3cc(F)n(C)c(=O)c3)cc2O)nn1)[C@H]1C[C@]2(C)CC[C@](C)(C1)N2. The number of pyridine rings is 1. The van der Waals surface area contributed by atoms with Crippen LogP contribution in [0.1, 0.15) is 39.5 Å². The molecule has 1 aromatic carbocycles. The summed E-state index contributed by atoms with van der Waals surface area (Å²) in [5, 5.41) is 23.1. The number of rotatable bonds is 4. The van der Waals surface area contributed by atoms with Crippen LogP contribution in [0.25, 0.3) is 22.5 Å². The van der Waals surface area contributed by atoms with Gasteiger partial charge in [0.2, 0.25) is 0 Å². The molecule has 2 saturated heterocycles. The second kappa shape index (κ2) is 7.87. The standard InChI is InChI=1S/C25H29FN6O2/c1-24-7-8-25(2,30-24)13-17(12-24)31(3)21-14-27-23(29-28-21)18-6-5-15(9-19(18)33)16-10-20(26)32(4)22(34)11-16/h5-6,9-11,14,17,30,33H,7-8,12-13H2,1-4H3/t17-,24-,25+. The number of nitrogens with zero attached hydrogens (tertiary/aromatic N) is 5. The van der Waals surface area contributed by atoms with Gasteiger partial charge in [0.25, 0.3) is 5.56 Å². The van der Waals surface area contributed by atoms with Crippen molar-refractivity contribution in [1.29, 1.82) is 0 Å². The zero-order valence-electron chi connectivity index (χ0n) is 19.8. The minimum Gasteiger partial charge on any atom is -0.507 e. The minimum atomic E-state index is -0.650. The zero-order chi connectivity index (χ0) is 24.3. The summed E-state index contributed by atoms with van der Waals surface area (Å²) >= 11 is 0. The van der Waals surface area contributed by atoms with Crippen LogP contribution in [0, 0.1) is 5.95 Å². The van der Waals surface area contributed by atoms with Gasteiger partial charge in [-0.1, -0.05) is 6.07 Å². The monoisotopic (exact) mass is 464 g/mol. The zero-order valence-corrected chi connectivity index (χ0v) is 19.8. The van der Waals surface area contributed by atoms with E-state index in [4.69, 9.17) is 0 Å². The summed E-state index contributed by atoms with van der Waals surface area (Å²) in [4.78, 5) is 18.5. The highest BCUT2D eigenvalue weighted by Crippen LogP contribution is 2.43. The first-order valence-electron chi connectivity index (χ1n) is 11.5. The fourth-order valence-corrected chi connectivity index (χ4v) is 5.51. The topological polar surface area (TPSA) is 96.2 Å². The van der Waals surface area contributed by atoms with Crippen molar-refractivity contribution in [2.45, 2.75) is 56.7 Å². The summed E-state index contributed by atoms with van der Waals surface area (Å²) in [7, 11) is 3.40. The van der Waals surface area contributed by atoms with Crippen molar-refractivity contribution >= 4 is 5.82 Å². The number of benzene rings is 1. The molecule has 2 aliphatic rings. The molecule has 34 heavy (non-hydrogen) atoms. The van der Waals surface area contributed by atoms with Gasteiger partial charge in [-0.3, -0.25) is 9.36 Å². The molecule has 5 rings (SSSR count). The lowest BCUT2D eigenvalue weighted by Gasteiger charge is -2.45. The van der Waals surface area contributed by atoms with Crippen molar-refractivity contribution < 1.29 is 9.50 Å². The lowest BCUT2D eigenvalue weighted by Crippen LogP contribution is -2.58. The number of hydrogen-bond acceptors (Lipinski definition) is 7. The molecule has 178 valence electrons. The molecular weight excluding hydrogens is 435 g/mol. The Morgan fingerprint density at radius 3 is 2.41 bits per heavy atom. The maximum Gasteiger partial charge on any atom is 0.253 e. The summed E-state index contributed by atoms with van der Waals surface area (Å²) in [6.07, 6.45) is 6.11. The fraction of sp³-hybridized carbons (Fsp3) is 0.440. The third kappa shape index (κ3) is 3.94. The van der Waals surface area contributed by atoms with Gasteiger partial charge in [0.1, 0.15) is 5.75 Å². The molecule has 0 saturated carbocycles. The number of fused-ring (bicyclic) bond motifs is 2. The summed E-state index contributed by atoms with van der Waals surface area (Å²) in [6, 6.07) is 7.73. The maximum absolute atomic E-state index is 14.0.